The highest BCUT2D eigenvalue weighted by Gasteiger charge is 2.15. The van der Waals surface area contributed by atoms with Crippen molar-refractivity contribution < 1.29 is 13.7 Å². The van der Waals surface area contributed by atoms with Gasteiger partial charge in [0.15, 0.2) is 0 Å². The van der Waals surface area contributed by atoms with Gasteiger partial charge in [-0.15, -0.1) is 0 Å². The third kappa shape index (κ3) is 3.78. The molecule has 0 atom stereocenters. The molecule has 0 radical (unpaired) electrons. The minimum Gasteiger partial charge on any atom is -0.334 e. The van der Waals surface area contributed by atoms with E-state index in [1.54, 1.807) is 42.2 Å². The number of amides is 1. The van der Waals surface area contributed by atoms with Gasteiger partial charge in [-0.1, -0.05) is 5.16 Å². The summed E-state index contributed by atoms with van der Waals surface area (Å²) < 4.78 is 19.9. The van der Waals surface area contributed by atoms with Crippen molar-refractivity contribution in [2.45, 2.75) is 13.5 Å². The third-order valence-electron chi connectivity index (χ3n) is 4.00. The SMILES string of the molecule is Cc1nc(-c2noc(-c3ccncc3)n2)cn1CC(=O)Nc1ccc(F)cc1. The van der Waals surface area contributed by atoms with Crippen LogP contribution in [0.4, 0.5) is 10.1 Å². The van der Waals surface area contributed by atoms with Crippen molar-refractivity contribution in [1.82, 2.24) is 24.7 Å². The first kappa shape index (κ1) is 17.5. The molecule has 4 rings (SSSR count). The number of nitrogens with zero attached hydrogens (tertiary/aromatic N) is 5. The maximum absolute atomic E-state index is 13.0. The number of carbonyl (C=O) groups is 1. The fourth-order valence-corrected chi connectivity index (χ4v) is 2.60. The van der Waals surface area contributed by atoms with E-state index >= 15 is 0 Å². The van der Waals surface area contributed by atoms with E-state index in [2.05, 4.69) is 25.4 Å². The normalized spacial score (nSPS) is 10.8. The summed E-state index contributed by atoms with van der Waals surface area (Å²) in [5, 5.41) is 6.66. The Morgan fingerprint density at radius 2 is 1.89 bits per heavy atom. The number of aromatic nitrogens is 5. The summed E-state index contributed by atoms with van der Waals surface area (Å²) in [6.07, 6.45) is 4.95. The van der Waals surface area contributed by atoms with Gasteiger partial charge < -0.3 is 14.4 Å². The van der Waals surface area contributed by atoms with Crippen LogP contribution >= 0.6 is 0 Å². The summed E-state index contributed by atoms with van der Waals surface area (Å²) in [6, 6.07) is 9.10. The molecular formula is C19H15FN6O2. The standard InChI is InChI=1S/C19H15FN6O2/c1-12-22-16(18-24-19(28-25-18)13-6-8-21-9-7-13)10-26(12)11-17(27)23-15-4-2-14(20)3-5-15/h2-10H,11H2,1H3,(H,23,27). The first-order valence-electron chi connectivity index (χ1n) is 8.42. The number of anilines is 1. The smallest absolute Gasteiger partial charge is 0.258 e. The molecule has 0 aliphatic rings. The zero-order chi connectivity index (χ0) is 19.5. The van der Waals surface area contributed by atoms with Crippen LogP contribution in [0.25, 0.3) is 23.0 Å². The molecule has 4 aromatic rings. The number of pyridine rings is 1. The Morgan fingerprint density at radius 3 is 2.64 bits per heavy atom. The maximum atomic E-state index is 13.0. The molecule has 1 aromatic carbocycles. The second-order valence-electron chi connectivity index (χ2n) is 6.02. The second-order valence-corrected chi connectivity index (χ2v) is 6.02. The lowest BCUT2D eigenvalue weighted by atomic mass is 10.3. The van der Waals surface area contributed by atoms with Gasteiger partial charge in [-0.25, -0.2) is 9.37 Å². The molecule has 1 N–H and O–H groups in total. The molecule has 8 nitrogen and oxygen atoms in total. The largest absolute Gasteiger partial charge is 0.334 e. The van der Waals surface area contributed by atoms with Crippen LogP contribution in [-0.4, -0.2) is 30.6 Å². The van der Waals surface area contributed by atoms with Crippen LogP contribution in [0, 0.1) is 12.7 Å². The number of halogens is 1. The summed E-state index contributed by atoms with van der Waals surface area (Å²) >= 11 is 0. The van der Waals surface area contributed by atoms with Gasteiger partial charge >= 0.3 is 0 Å². The predicted molar refractivity (Wildman–Crippen MR) is 98.5 cm³/mol. The van der Waals surface area contributed by atoms with Gasteiger partial charge in [0.2, 0.25) is 11.7 Å². The Balaban J connectivity index is 1.48. The molecule has 0 unspecified atom stereocenters. The first-order valence-corrected chi connectivity index (χ1v) is 8.42. The summed E-state index contributed by atoms with van der Waals surface area (Å²) in [5.41, 5.74) is 1.77. The summed E-state index contributed by atoms with van der Waals surface area (Å²) in [6.45, 7) is 1.82. The molecule has 9 heteroatoms. The molecule has 1 amide bonds. The number of hydrogen-bond donors (Lipinski definition) is 1. The Bertz CT molecular complexity index is 1110. The summed E-state index contributed by atoms with van der Waals surface area (Å²) in [4.78, 5) is 24.9. The van der Waals surface area contributed by atoms with Crippen LogP contribution in [0.2, 0.25) is 0 Å². The van der Waals surface area contributed by atoms with Gasteiger partial charge in [0.25, 0.3) is 5.89 Å². The quantitative estimate of drug-likeness (QED) is 0.573. The molecule has 0 aliphatic heterocycles. The molecule has 28 heavy (non-hydrogen) atoms. The maximum Gasteiger partial charge on any atom is 0.258 e. The van der Waals surface area contributed by atoms with E-state index in [0.717, 1.165) is 5.56 Å². The highest BCUT2D eigenvalue weighted by molar-refractivity contribution is 5.90. The van der Waals surface area contributed by atoms with Crippen molar-refractivity contribution in [2.24, 2.45) is 0 Å². The number of rotatable bonds is 5. The van der Waals surface area contributed by atoms with E-state index in [-0.39, 0.29) is 18.3 Å². The molecule has 140 valence electrons. The van der Waals surface area contributed by atoms with E-state index in [0.29, 0.717) is 28.9 Å². The van der Waals surface area contributed by atoms with Gasteiger partial charge in [0.1, 0.15) is 23.9 Å². The average Bonchev–Trinajstić information content (AvgIpc) is 3.32. The minimum absolute atomic E-state index is 0.0469. The van der Waals surface area contributed by atoms with E-state index in [1.807, 2.05) is 0 Å². The van der Waals surface area contributed by atoms with E-state index < -0.39 is 0 Å². The van der Waals surface area contributed by atoms with Crippen LogP contribution < -0.4 is 5.32 Å². The van der Waals surface area contributed by atoms with Crippen LogP contribution in [0.5, 0.6) is 0 Å². The third-order valence-corrected chi connectivity index (χ3v) is 4.00. The monoisotopic (exact) mass is 378 g/mol. The fourth-order valence-electron chi connectivity index (χ4n) is 2.60. The number of hydrogen-bond acceptors (Lipinski definition) is 6. The van der Waals surface area contributed by atoms with Crippen molar-refractivity contribution in [1.29, 1.82) is 0 Å². The van der Waals surface area contributed by atoms with Crippen molar-refractivity contribution in [3.63, 3.8) is 0 Å². The number of carbonyl (C=O) groups excluding carboxylic acids is 1. The molecule has 3 aromatic heterocycles. The zero-order valence-electron chi connectivity index (χ0n) is 14.8. The van der Waals surface area contributed by atoms with Crippen molar-refractivity contribution in [2.75, 3.05) is 5.32 Å². The number of imidazole rings is 1. The van der Waals surface area contributed by atoms with Gasteiger partial charge in [0.05, 0.1) is 0 Å². The predicted octanol–water partition coefficient (Wildman–Crippen LogP) is 3.08. The van der Waals surface area contributed by atoms with Crippen LogP contribution in [-0.2, 0) is 11.3 Å². The Labute approximate surface area is 159 Å². The number of benzene rings is 1. The van der Waals surface area contributed by atoms with Gasteiger partial charge in [-0.2, -0.15) is 4.98 Å². The summed E-state index contributed by atoms with van der Waals surface area (Å²) in [5.74, 6) is 0.689. The van der Waals surface area contributed by atoms with Gasteiger partial charge in [-0.05, 0) is 43.3 Å². The summed E-state index contributed by atoms with van der Waals surface area (Å²) in [7, 11) is 0. The fraction of sp³-hybridized carbons (Fsp3) is 0.105. The van der Waals surface area contributed by atoms with E-state index in [4.69, 9.17) is 4.52 Å². The number of aryl methyl sites for hydroxylation is 1. The molecule has 0 aliphatic carbocycles. The van der Waals surface area contributed by atoms with Crippen LogP contribution in [0.15, 0.2) is 59.5 Å². The van der Waals surface area contributed by atoms with Crippen molar-refractivity contribution in [3.05, 3.63) is 66.6 Å². The van der Waals surface area contributed by atoms with Crippen molar-refractivity contribution >= 4 is 11.6 Å². The van der Waals surface area contributed by atoms with E-state index in [9.17, 15) is 9.18 Å². The molecule has 3 heterocycles. The minimum atomic E-state index is -0.362. The number of nitrogens with one attached hydrogen (secondary N) is 1. The van der Waals surface area contributed by atoms with Crippen LogP contribution in [0.1, 0.15) is 5.82 Å². The highest BCUT2D eigenvalue weighted by Crippen LogP contribution is 2.21. The van der Waals surface area contributed by atoms with Gasteiger partial charge in [0, 0.05) is 29.8 Å². The lowest BCUT2D eigenvalue weighted by Gasteiger charge is -2.06. The average molecular weight is 378 g/mol. The molecule has 0 spiro atoms. The van der Waals surface area contributed by atoms with Crippen LogP contribution in [0.3, 0.4) is 0 Å². The highest BCUT2D eigenvalue weighted by atomic mass is 19.1. The first-order chi connectivity index (χ1) is 13.6. The Morgan fingerprint density at radius 1 is 1.14 bits per heavy atom. The molecule has 0 saturated carbocycles. The lowest BCUT2D eigenvalue weighted by Crippen LogP contribution is -2.19. The molecular weight excluding hydrogens is 363 g/mol. The second kappa shape index (κ2) is 7.39. The lowest BCUT2D eigenvalue weighted by molar-refractivity contribution is -0.116. The zero-order valence-corrected chi connectivity index (χ0v) is 14.8. The Hall–Kier alpha value is -3.88. The van der Waals surface area contributed by atoms with E-state index in [1.165, 1.54) is 24.3 Å². The Kier molecular flexibility index (Phi) is 4.63. The topological polar surface area (TPSA) is 98.7 Å². The molecule has 0 saturated heterocycles. The molecule has 0 fully saturated rings. The van der Waals surface area contributed by atoms with Gasteiger partial charge in [-0.3, -0.25) is 9.78 Å². The molecule has 0 bridgehead atoms. The van der Waals surface area contributed by atoms with Crippen molar-refractivity contribution in [3.8, 4) is 23.0 Å².